The lowest BCUT2D eigenvalue weighted by molar-refractivity contribution is -0.130. The molecule has 1 N–H and O–H groups in total. The molecule has 1 aromatic rings. The topological polar surface area (TPSA) is 55.4 Å². The smallest absolute Gasteiger partial charge is 0.250 e. The van der Waals surface area contributed by atoms with Gasteiger partial charge in [-0.25, -0.2) is 0 Å². The van der Waals surface area contributed by atoms with Gasteiger partial charge in [0.1, 0.15) is 5.75 Å². The Kier molecular flexibility index (Phi) is 4.95. The van der Waals surface area contributed by atoms with Gasteiger partial charge >= 0.3 is 0 Å². The number of rotatable bonds is 4. The van der Waals surface area contributed by atoms with Crippen molar-refractivity contribution in [2.45, 2.75) is 26.1 Å². The molecule has 1 aromatic carbocycles. The maximum atomic E-state index is 11.9. The molecule has 19 heavy (non-hydrogen) atoms. The number of amides is 1. The van der Waals surface area contributed by atoms with E-state index in [1.54, 1.807) is 45.0 Å². The average molecular weight is 284 g/mol. The normalized spacial score (nSPS) is 12.7. The molecule has 0 heterocycles. The van der Waals surface area contributed by atoms with Crippen LogP contribution in [-0.2, 0) is 9.59 Å². The molecule has 1 amide bonds. The second-order valence-electron chi connectivity index (χ2n) is 5.17. The zero-order valence-corrected chi connectivity index (χ0v) is 12.2. The predicted molar refractivity (Wildman–Crippen MR) is 75.7 cm³/mol. The number of carbonyl (C=O) groups is 2. The van der Waals surface area contributed by atoms with Gasteiger partial charge in [-0.2, -0.15) is 0 Å². The molecule has 0 aromatic heterocycles. The molecule has 0 aliphatic heterocycles. The number of alkyl halides is 1. The molecule has 0 saturated carbocycles. The van der Waals surface area contributed by atoms with Crippen LogP contribution in [0.3, 0.4) is 0 Å². The number of anilines is 1. The van der Waals surface area contributed by atoms with Crippen LogP contribution >= 0.6 is 11.6 Å². The predicted octanol–water partition coefficient (Wildman–Crippen LogP) is 2.86. The third-order valence-corrected chi connectivity index (χ3v) is 2.96. The molecule has 0 saturated heterocycles. The van der Waals surface area contributed by atoms with Gasteiger partial charge in [0, 0.05) is 5.41 Å². The number of benzene rings is 1. The van der Waals surface area contributed by atoms with Gasteiger partial charge in [0.2, 0.25) is 5.91 Å². The monoisotopic (exact) mass is 283 g/mol. The standard InChI is InChI=1S/C14H18ClNO3/c1-14(2,3)12(17)11(15)13(18)16-9-7-5-6-8-10(9)19-4/h5-8,11H,1-4H3,(H,16,18)/t11-/m1/s1. The molecular formula is C14H18ClNO3. The first kappa shape index (κ1) is 15.5. The van der Waals surface area contributed by atoms with E-state index in [0.717, 1.165) is 0 Å². The molecule has 0 bridgehead atoms. The van der Waals surface area contributed by atoms with Crippen LogP contribution in [0.1, 0.15) is 20.8 Å². The second kappa shape index (κ2) is 6.06. The molecule has 0 spiro atoms. The summed E-state index contributed by atoms with van der Waals surface area (Å²) in [5, 5.41) is 1.38. The first-order valence-corrected chi connectivity index (χ1v) is 6.33. The number of halogens is 1. The van der Waals surface area contributed by atoms with Gasteiger partial charge in [-0.15, -0.1) is 11.6 Å². The Labute approximate surface area is 118 Å². The summed E-state index contributed by atoms with van der Waals surface area (Å²) in [6, 6.07) is 6.94. The zero-order valence-electron chi connectivity index (χ0n) is 11.5. The Morgan fingerprint density at radius 1 is 1.26 bits per heavy atom. The number of carbonyl (C=O) groups excluding carboxylic acids is 2. The fourth-order valence-corrected chi connectivity index (χ4v) is 1.83. The molecule has 0 radical (unpaired) electrons. The van der Waals surface area contributed by atoms with E-state index in [4.69, 9.17) is 16.3 Å². The molecule has 0 aliphatic carbocycles. The van der Waals surface area contributed by atoms with E-state index in [0.29, 0.717) is 11.4 Å². The van der Waals surface area contributed by atoms with Crippen molar-refractivity contribution < 1.29 is 14.3 Å². The van der Waals surface area contributed by atoms with Crippen molar-refractivity contribution >= 4 is 29.0 Å². The van der Waals surface area contributed by atoms with Crippen LogP contribution in [0.25, 0.3) is 0 Å². The number of ketones is 1. The van der Waals surface area contributed by atoms with Gasteiger partial charge in [0.05, 0.1) is 12.8 Å². The van der Waals surface area contributed by atoms with Crippen molar-refractivity contribution in [1.82, 2.24) is 0 Å². The minimum atomic E-state index is -1.22. The highest BCUT2D eigenvalue weighted by Gasteiger charge is 2.33. The molecule has 4 nitrogen and oxygen atoms in total. The summed E-state index contributed by atoms with van der Waals surface area (Å²) in [5.41, 5.74) is -0.174. The van der Waals surface area contributed by atoms with E-state index in [1.807, 2.05) is 0 Å². The summed E-state index contributed by atoms with van der Waals surface area (Å²) in [6.07, 6.45) is 0. The SMILES string of the molecule is COc1ccccc1NC(=O)[C@H](Cl)C(=O)C(C)(C)C. The Hall–Kier alpha value is -1.55. The quantitative estimate of drug-likeness (QED) is 0.683. The van der Waals surface area contributed by atoms with Gasteiger partial charge in [-0.1, -0.05) is 32.9 Å². The highest BCUT2D eigenvalue weighted by Crippen LogP contribution is 2.25. The van der Waals surface area contributed by atoms with Crippen molar-refractivity contribution in [2.24, 2.45) is 5.41 Å². The number of ether oxygens (including phenoxy) is 1. The maximum absolute atomic E-state index is 11.9. The lowest BCUT2D eigenvalue weighted by Gasteiger charge is -2.20. The van der Waals surface area contributed by atoms with Crippen molar-refractivity contribution in [3.8, 4) is 5.75 Å². The number of methoxy groups -OCH3 is 1. The molecule has 0 aliphatic rings. The Balaban J connectivity index is 2.83. The van der Waals surface area contributed by atoms with E-state index in [-0.39, 0.29) is 5.78 Å². The van der Waals surface area contributed by atoms with Crippen LogP contribution in [0, 0.1) is 5.41 Å². The second-order valence-corrected chi connectivity index (χ2v) is 5.60. The van der Waals surface area contributed by atoms with Crippen LogP contribution in [0.15, 0.2) is 24.3 Å². The number of hydrogen-bond donors (Lipinski definition) is 1. The van der Waals surface area contributed by atoms with E-state index < -0.39 is 16.7 Å². The Morgan fingerprint density at radius 2 is 1.84 bits per heavy atom. The molecule has 104 valence electrons. The van der Waals surface area contributed by atoms with Gasteiger partial charge in [0.15, 0.2) is 11.2 Å². The summed E-state index contributed by atoms with van der Waals surface area (Å²) in [6.45, 7) is 5.17. The van der Waals surface area contributed by atoms with Crippen molar-refractivity contribution in [1.29, 1.82) is 0 Å². The average Bonchev–Trinajstić information content (AvgIpc) is 2.36. The van der Waals surface area contributed by atoms with Crippen LogP contribution in [0.2, 0.25) is 0 Å². The minimum absolute atomic E-state index is 0.318. The number of Topliss-reactive ketones (excluding diaryl/α,β-unsaturated/α-hetero) is 1. The fourth-order valence-electron chi connectivity index (χ4n) is 1.44. The molecule has 0 fully saturated rings. The first-order chi connectivity index (χ1) is 8.77. The Bertz CT molecular complexity index is 480. The molecule has 5 heteroatoms. The fraction of sp³-hybridized carbons (Fsp3) is 0.429. The van der Waals surface area contributed by atoms with Crippen LogP contribution in [-0.4, -0.2) is 24.2 Å². The van der Waals surface area contributed by atoms with Gasteiger partial charge in [0.25, 0.3) is 0 Å². The third-order valence-electron chi connectivity index (χ3n) is 2.56. The third kappa shape index (κ3) is 3.96. The number of nitrogens with one attached hydrogen (secondary N) is 1. The van der Waals surface area contributed by atoms with Crippen LogP contribution in [0.5, 0.6) is 5.75 Å². The minimum Gasteiger partial charge on any atom is -0.495 e. The number of hydrogen-bond acceptors (Lipinski definition) is 3. The zero-order chi connectivity index (χ0) is 14.6. The molecule has 0 unspecified atom stereocenters. The first-order valence-electron chi connectivity index (χ1n) is 5.89. The van der Waals surface area contributed by atoms with Crippen LogP contribution in [0.4, 0.5) is 5.69 Å². The summed E-state index contributed by atoms with van der Waals surface area (Å²) in [5.74, 6) is -0.351. The number of para-hydroxylation sites is 2. The van der Waals surface area contributed by atoms with E-state index in [9.17, 15) is 9.59 Å². The van der Waals surface area contributed by atoms with Gasteiger partial charge in [-0.3, -0.25) is 9.59 Å². The Morgan fingerprint density at radius 3 is 2.37 bits per heavy atom. The summed E-state index contributed by atoms with van der Waals surface area (Å²) >= 11 is 5.91. The summed E-state index contributed by atoms with van der Waals surface area (Å²) in [7, 11) is 1.50. The molecular weight excluding hydrogens is 266 g/mol. The highest BCUT2D eigenvalue weighted by molar-refractivity contribution is 6.43. The lowest BCUT2D eigenvalue weighted by Crippen LogP contribution is -2.37. The summed E-state index contributed by atoms with van der Waals surface area (Å²) in [4.78, 5) is 23.9. The highest BCUT2D eigenvalue weighted by atomic mass is 35.5. The van der Waals surface area contributed by atoms with E-state index in [1.165, 1.54) is 7.11 Å². The van der Waals surface area contributed by atoms with Crippen molar-refractivity contribution in [3.63, 3.8) is 0 Å². The lowest BCUT2D eigenvalue weighted by atomic mass is 9.88. The van der Waals surface area contributed by atoms with E-state index in [2.05, 4.69) is 5.32 Å². The molecule has 1 atom stereocenters. The largest absolute Gasteiger partial charge is 0.495 e. The van der Waals surface area contributed by atoms with Crippen molar-refractivity contribution in [3.05, 3.63) is 24.3 Å². The van der Waals surface area contributed by atoms with Crippen LogP contribution < -0.4 is 10.1 Å². The molecule has 1 rings (SSSR count). The van der Waals surface area contributed by atoms with Gasteiger partial charge in [-0.05, 0) is 12.1 Å². The summed E-state index contributed by atoms with van der Waals surface area (Å²) < 4.78 is 5.11. The van der Waals surface area contributed by atoms with E-state index >= 15 is 0 Å². The maximum Gasteiger partial charge on any atom is 0.250 e. The van der Waals surface area contributed by atoms with Crippen molar-refractivity contribution in [2.75, 3.05) is 12.4 Å². The van der Waals surface area contributed by atoms with Gasteiger partial charge < -0.3 is 10.1 Å².